The molecule has 1 N–H and O–H groups in total. The second kappa shape index (κ2) is 4.40. The van der Waals surface area contributed by atoms with Crippen molar-refractivity contribution in [3.05, 3.63) is 42.1 Å². The Hall–Kier alpha value is -1.72. The number of aromatic nitrogens is 2. The molecule has 1 saturated heterocycles. The highest BCUT2D eigenvalue weighted by atomic mass is 19.1. The van der Waals surface area contributed by atoms with E-state index < -0.39 is 6.10 Å². The molecule has 2 aromatic rings. The van der Waals surface area contributed by atoms with Gasteiger partial charge in [0.1, 0.15) is 5.82 Å². The van der Waals surface area contributed by atoms with Crippen LogP contribution in [0.15, 0.2) is 30.7 Å². The van der Waals surface area contributed by atoms with E-state index in [9.17, 15) is 9.50 Å². The number of ether oxygens (including phenoxy) is 1. The highest BCUT2D eigenvalue weighted by Gasteiger charge is 2.39. The van der Waals surface area contributed by atoms with Gasteiger partial charge in [0.15, 0.2) is 0 Å². The van der Waals surface area contributed by atoms with Crippen molar-refractivity contribution in [2.45, 2.75) is 18.6 Å². The SMILES string of the molecule is O[C@@H]1CCOC[C@H]1C1c2ccc(F)cc2-c2cncn21. The van der Waals surface area contributed by atoms with Gasteiger partial charge in [-0.25, -0.2) is 9.37 Å². The summed E-state index contributed by atoms with van der Waals surface area (Å²) in [6.45, 7) is 1.11. The Bertz CT molecular complexity index is 655. The Morgan fingerprint density at radius 1 is 1.40 bits per heavy atom. The van der Waals surface area contributed by atoms with Crippen LogP contribution in [0.25, 0.3) is 11.3 Å². The third-order valence-corrected chi connectivity index (χ3v) is 4.34. The van der Waals surface area contributed by atoms with E-state index in [0.29, 0.717) is 19.6 Å². The molecule has 5 heteroatoms. The summed E-state index contributed by atoms with van der Waals surface area (Å²) < 4.78 is 21.1. The number of aliphatic hydroxyl groups excluding tert-OH is 1. The first-order chi connectivity index (χ1) is 9.75. The number of rotatable bonds is 1. The normalized spacial score (nSPS) is 28.2. The number of hydrogen-bond donors (Lipinski definition) is 1. The van der Waals surface area contributed by atoms with Crippen LogP contribution in [0.5, 0.6) is 0 Å². The van der Waals surface area contributed by atoms with Crippen molar-refractivity contribution in [1.29, 1.82) is 0 Å². The fraction of sp³-hybridized carbons (Fsp3) is 0.400. The van der Waals surface area contributed by atoms with Crippen LogP contribution in [0.4, 0.5) is 4.39 Å². The lowest BCUT2D eigenvalue weighted by atomic mass is 9.86. The number of hydrogen-bond acceptors (Lipinski definition) is 3. The van der Waals surface area contributed by atoms with Gasteiger partial charge in [-0.05, 0) is 24.1 Å². The molecule has 3 atom stereocenters. The third-order valence-electron chi connectivity index (χ3n) is 4.34. The van der Waals surface area contributed by atoms with E-state index >= 15 is 0 Å². The predicted octanol–water partition coefficient (Wildman–Crippen LogP) is 1.99. The Labute approximate surface area is 115 Å². The van der Waals surface area contributed by atoms with E-state index in [2.05, 4.69) is 4.98 Å². The number of nitrogens with zero attached hydrogens (tertiary/aromatic N) is 2. The first kappa shape index (κ1) is 12.1. The van der Waals surface area contributed by atoms with Crippen molar-refractivity contribution in [3.63, 3.8) is 0 Å². The smallest absolute Gasteiger partial charge is 0.123 e. The molecule has 0 aliphatic carbocycles. The Morgan fingerprint density at radius 2 is 2.30 bits per heavy atom. The Morgan fingerprint density at radius 3 is 3.15 bits per heavy atom. The average Bonchev–Trinajstić information content (AvgIpc) is 3.00. The summed E-state index contributed by atoms with van der Waals surface area (Å²) in [4.78, 5) is 4.16. The molecule has 4 rings (SSSR count). The average molecular weight is 274 g/mol. The number of imidazole rings is 1. The molecular weight excluding hydrogens is 259 g/mol. The fourth-order valence-corrected chi connectivity index (χ4v) is 3.38. The van der Waals surface area contributed by atoms with Crippen molar-refractivity contribution < 1.29 is 14.2 Å². The summed E-state index contributed by atoms with van der Waals surface area (Å²) in [5.74, 6) is -0.277. The largest absolute Gasteiger partial charge is 0.393 e. The van der Waals surface area contributed by atoms with Gasteiger partial charge in [0.25, 0.3) is 0 Å². The van der Waals surface area contributed by atoms with Gasteiger partial charge < -0.3 is 14.4 Å². The van der Waals surface area contributed by atoms with Crippen LogP contribution >= 0.6 is 0 Å². The van der Waals surface area contributed by atoms with Gasteiger partial charge in [-0.15, -0.1) is 0 Å². The molecule has 3 heterocycles. The minimum absolute atomic E-state index is 0.0246. The van der Waals surface area contributed by atoms with Crippen molar-refractivity contribution in [2.24, 2.45) is 5.92 Å². The van der Waals surface area contributed by atoms with Crippen molar-refractivity contribution in [3.8, 4) is 11.3 Å². The van der Waals surface area contributed by atoms with E-state index in [1.807, 2.05) is 10.6 Å². The van der Waals surface area contributed by atoms with Crippen LogP contribution in [0.1, 0.15) is 18.0 Å². The summed E-state index contributed by atoms with van der Waals surface area (Å²) >= 11 is 0. The van der Waals surface area contributed by atoms with E-state index in [1.54, 1.807) is 18.6 Å². The van der Waals surface area contributed by atoms with E-state index in [-0.39, 0.29) is 17.8 Å². The lowest BCUT2D eigenvalue weighted by Crippen LogP contribution is -2.37. The van der Waals surface area contributed by atoms with Gasteiger partial charge in [0, 0.05) is 18.1 Å². The maximum absolute atomic E-state index is 13.5. The van der Waals surface area contributed by atoms with Crippen LogP contribution in [0.2, 0.25) is 0 Å². The topological polar surface area (TPSA) is 47.3 Å². The third kappa shape index (κ3) is 1.63. The zero-order valence-corrected chi connectivity index (χ0v) is 10.9. The highest BCUT2D eigenvalue weighted by molar-refractivity contribution is 5.69. The maximum Gasteiger partial charge on any atom is 0.123 e. The molecule has 20 heavy (non-hydrogen) atoms. The molecule has 0 radical (unpaired) electrons. The van der Waals surface area contributed by atoms with Crippen LogP contribution in [0, 0.1) is 11.7 Å². The molecule has 1 aromatic heterocycles. The predicted molar refractivity (Wildman–Crippen MR) is 70.7 cm³/mol. The first-order valence-electron chi connectivity index (χ1n) is 6.83. The molecule has 0 amide bonds. The molecule has 1 fully saturated rings. The minimum atomic E-state index is -0.403. The summed E-state index contributed by atoms with van der Waals surface area (Å²) in [7, 11) is 0. The second-order valence-electron chi connectivity index (χ2n) is 5.46. The quantitative estimate of drug-likeness (QED) is 0.865. The molecule has 2 aliphatic heterocycles. The van der Waals surface area contributed by atoms with Gasteiger partial charge >= 0.3 is 0 Å². The van der Waals surface area contributed by atoms with E-state index in [1.165, 1.54) is 6.07 Å². The number of benzene rings is 1. The lowest BCUT2D eigenvalue weighted by Gasteiger charge is -2.33. The molecule has 104 valence electrons. The van der Waals surface area contributed by atoms with E-state index in [0.717, 1.165) is 16.8 Å². The summed E-state index contributed by atoms with van der Waals surface area (Å²) in [5.41, 5.74) is 2.81. The van der Waals surface area contributed by atoms with Crippen molar-refractivity contribution in [2.75, 3.05) is 13.2 Å². The van der Waals surface area contributed by atoms with Crippen LogP contribution < -0.4 is 0 Å². The maximum atomic E-state index is 13.5. The van der Waals surface area contributed by atoms with Gasteiger partial charge in [-0.3, -0.25) is 0 Å². The van der Waals surface area contributed by atoms with Gasteiger partial charge in [0.2, 0.25) is 0 Å². The number of aliphatic hydroxyl groups is 1. The molecule has 2 aliphatic rings. The monoisotopic (exact) mass is 274 g/mol. The van der Waals surface area contributed by atoms with E-state index in [4.69, 9.17) is 4.74 Å². The van der Waals surface area contributed by atoms with Gasteiger partial charge in [0.05, 0.1) is 37.0 Å². The molecule has 1 aromatic carbocycles. The fourth-order valence-electron chi connectivity index (χ4n) is 3.38. The molecule has 0 bridgehead atoms. The minimum Gasteiger partial charge on any atom is -0.393 e. The van der Waals surface area contributed by atoms with Gasteiger partial charge in [-0.2, -0.15) is 0 Å². The first-order valence-corrected chi connectivity index (χ1v) is 6.83. The molecule has 4 nitrogen and oxygen atoms in total. The summed E-state index contributed by atoms with van der Waals surface area (Å²) in [6, 6.07) is 4.79. The van der Waals surface area contributed by atoms with Crippen LogP contribution in [0.3, 0.4) is 0 Å². The second-order valence-corrected chi connectivity index (χ2v) is 5.46. The standard InChI is InChI=1S/C15H15FN2O2/c16-9-1-2-10-11(5-9)13-6-17-8-18(13)15(10)12-7-20-4-3-14(12)19/h1-2,5-6,8,12,14-15,19H,3-4,7H2/t12-,14-,15?/m1/s1. The van der Waals surface area contributed by atoms with Gasteiger partial charge in [-0.1, -0.05) is 6.07 Å². The van der Waals surface area contributed by atoms with Crippen LogP contribution in [-0.4, -0.2) is 34.0 Å². The Balaban J connectivity index is 1.85. The van der Waals surface area contributed by atoms with Crippen molar-refractivity contribution in [1.82, 2.24) is 9.55 Å². The lowest BCUT2D eigenvalue weighted by molar-refractivity contribution is -0.0481. The molecule has 0 saturated carbocycles. The highest BCUT2D eigenvalue weighted by Crippen LogP contribution is 2.45. The Kier molecular flexibility index (Phi) is 2.65. The summed E-state index contributed by atoms with van der Waals surface area (Å²) in [5, 5.41) is 10.3. The number of halogens is 1. The molecule has 1 unspecified atom stereocenters. The summed E-state index contributed by atoms with van der Waals surface area (Å²) in [6.07, 6.45) is 3.73. The van der Waals surface area contributed by atoms with Crippen molar-refractivity contribution >= 4 is 0 Å². The molecule has 0 spiro atoms. The zero-order valence-electron chi connectivity index (χ0n) is 10.9. The van der Waals surface area contributed by atoms with Crippen LogP contribution in [-0.2, 0) is 4.74 Å². The number of fused-ring (bicyclic) bond motifs is 3. The zero-order chi connectivity index (χ0) is 13.7. The molecular formula is C15H15FN2O2.